The molecule has 1 aliphatic carbocycles. The zero-order valence-electron chi connectivity index (χ0n) is 6.28. The predicted molar refractivity (Wildman–Crippen MR) is 41.4 cm³/mol. The molecule has 0 nitrogen and oxygen atoms in total. The molecule has 0 bridgehead atoms. The van der Waals surface area contributed by atoms with E-state index in [9.17, 15) is 0 Å². The third kappa shape index (κ3) is 1.44. The average molecular weight is 122 g/mol. The van der Waals surface area contributed by atoms with Gasteiger partial charge in [0.25, 0.3) is 0 Å². The molecule has 0 saturated carbocycles. The molecule has 1 rings (SSSR count). The molecule has 0 aliphatic heterocycles. The lowest BCUT2D eigenvalue weighted by Gasteiger charge is -2.09. The quantitative estimate of drug-likeness (QED) is 0.501. The Balaban J connectivity index is 2.72. The van der Waals surface area contributed by atoms with Gasteiger partial charge in [0.2, 0.25) is 0 Å². The standard InChI is InChI=1S/C9H14/c1-3-9-7-5-4-6-8(9)2/h4,6H,3,5,7H2,1-2H3. The van der Waals surface area contributed by atoms with E-state index < -0.39 is 0 Å². The van der Waals surface area contributed by atoms with Crippen LogP contribution in [0.1, 0.15) is 33.1 Å². The summed E-state index contributed by atoms with van der Waals surface area (Å²) in [6, 6.07) is 0. The van der Waals surface area contributed by atoms with Crippen molar-refractivity contribution >= 4 is 0 Å². The summed E-state index contributed by atoms with van der Waals surface area (Å²) in [5.74, 6) is 0. The van der Waals surface area contributed by atoms with Gasteiger partial charge in [0.05, 0.1) is 0 Å². The van der Waals surface area contributed by atoms with Crippen molar-refractivity contribution in [2.45, 2.75) is 33.1 Å². The maximum atomic E-state index is 2.26. The second kappa shape index (κ2) is 2.86. The van der Waals surface area contributed by atoms with Crippen LogP contribution in [0.5, 0.6) is 0 Å². The van der Waals surface area contributed by atoms with Crippen LogP contribution in [0.25, 0.3) is 0 Å². The molecule has 50 valence electrons. The number of rotatable bonds is 1. The highest BCUT2D eigenvalue weighted by molar-refractivity contribution is 5.27. The van der Waals surface area contributed by atoms with Crippen LogP contribution < -0.4 is 0 Å². The van der Waals surface area contributed by atoms with E-state index >= 15 is 0 Å². The topological polar surface area (TPSA) is 0 Å². The lowest BCUT2D eigenvalue weighted by atomic mass is 9.97. The maximum Gasteiger partial charge on any atom is -0.0280 e. The summed E-state index contributed by atoms with van der Waals surface area (Å²) in [6.07, 6.45) is 8.27. The summed E-state index contributed by atoms with van der Waals surface area (Å²) in [6.45, 7) is 4.44. The first-order valence-corrected chi connectivity index (χ1v) is 3.69. The van der Waals surface area contributed by atoms with E-state index in [-0.39, 0.29) is 0 Å². The molecule has 0 heterocycles. The molecular formula is C9H14. The van der Waals surface area contributed by atoms with Crippen LogP contribution in [0.15, 0.2) is 23.3 Å². The summed E-state index contributed by atoms with van der Waals surface area (Å²) in [5, 5.41) is 0. The molecule has 0 spiro atoms. The Kier molecular flexibility index (Phi) is 2.10. The highest BCUT2D eigenvalue weighted by Gasteiger charge is 2.00. The lowest BCUT2D eigenvalue weighted by Crippen LogP contribution is -1.89. The van der Waals surface area contributed by atoms with Gasteiger partial charge in [-0.1, -0.05) is 30.2 Å². The van der Waals surface area contributed by atoms with Crippen molar-refractivity contribution in [1.29, 1.82) is 0 Å². The Labute approximate surface area is 57.3 Å². The van der Waals surface area contributed by atoms with E-state index in [4.69, 9.17) is 0 Å². The van der Waals surface area contributed by atoms with Crippen molar-refractivity contribution in [1.82, 2.24) is 0 Å². The van der Waals surface area contributed by atoms with Crippen molar-refractivity contribution < 1.29 is 0 Å². The molecule has 0 amide bonds. The van der Waals surface area contributed by atoms with Crippen LogP contribution in [-0.4, -0.2) is 0 Å². The Morgan fingerprint density at radius 3 is 2.78 bits per heavy atom. The largest absolute Gasteiger partial charge is 0.0840 e. The Hall–Kier alpha value is -0.520. The molecule has 0 heteroatoms. The normalized spacial score (nSPS) is 18.9. The highest BCUT2D eigenvalue weighted by Crippen LogP contribution is 2.20. The van der Waals surface area contributed by atoms with E-state index in [0.29, 0.717) is 0 Å². The Morgan fingerprint density at radius 2 is 2.33 bits per heavy atom. The average Bonchev–Trinajstić information content (AvgIpc) is 1.89. The summed E-state index contributed by atoms with van der Waals surface area (Å²) >= 11 is 0. The second-order valence-electron chi connectivity index (χ2n) is 2.58. The van der Waals surface area contributed by atoms with Gasteiger partial charge in [0.1, 0.15) is 0 Å². The van der Waals surface area contributed by atoms with E-state index in [0.717, 1.165) is 0 Å². The van der Waals surface area contributed by atoms with Gasteiger partial charge in [-0.25, -0.2) is 0 Å². The smallest absolute Gasteiger partial charge is 0.0280 e. The van der Waals surface area contributed by atoms with Gasteiger partial charge in [-0.15, -0.1) is 0 Å². The van der Waals surface area contributed by atoms with Crippen LogP contribution in [-0.2, 0) is 0 Å². The molecule has 0 aromatic heterocycles. The SMILES string of the molecule is CCC1=C(C)C=CCC1. The number of hydrogen-bond acceptors (Lipinski definition) is 0. The molecule has 0 radical (unpaired) electrons. The minimum Gasteiger partial charge on any atom is -0.0840 e. The van der Waals surface area contributed by atoms with Crippen molar-refractivity contribution in [2.75, 3.05) is 0 Å². The van der Waals surface area contributed by atoms with Gasteiger partial charge in [0.15, 0.2) is 0 Å². The van der Waals surface area contributed by atoms with Crippen LogP contribution in [0.3, 0.4) is 0 Å². The van der Waals surface area contributed by atoms with E-state index in [1.165, 1.54) is 24.8 Å². The molecule has 0 atom stereocenters. The Bertz CT molecular complexity index is 149. The van der Waals surface area contributed by atoms with Crippen LogP contribution in [0, 0.1) is 0 Å². The van der Waals surface area contributed by atoms with Crippen LogP contribution >= 0.6 is 0 Å². The first kappa shape index (κ1) is 6.60. The molecular weight excluding hydrogens is 108 g/mol. The zero-order valence-corrected chi connectivity index (χ0v) is 6.28. The van der Waals surface area contributed by atoms with E-state index in [2.05, 4.69) is 26.0 Å². The summed E-state index contributed by atoms with van der Waals surface area (Å²) < 4.78 is 0. The van der Waals surface area contributed by atoms with Gasteiger partial charge in [0, 0.05) is 0 Å². The van der Waals surface area contributed by atoms with Gasteiger partial charge >= 0.3 is 0 Å². The predicted octanol–water partition coefficient (Wildman–Crippen LogP) is 3.06. The molecule has 0 saturated heterocycles. The maximum absolute atomic E-state index is 2.26. The van der Waals surface area contributed by atoms with Crippen molar-refractivity contribution in [3.63, 3.8) is 0 Å². The number of hydrogen-bond donors (Lipinski definition) is 0. The first-order chi connectivity index (χ1) is 4.34. The minimum atomic E-state index is 1.23. The number of allylic oxidation sites excluding steroid dienone is 4. The molecule has 0 aromatic carbocycles. The lowest BCUT2D eigenvalue weighted by molar-refractivity contribution is 0.875. The minimum absolute atomic E-state index is 1.23. The van der Waals surface area contributed by atoms with Crippen molar-refractivity contribution in [2.24, 2.45) is 0 Å². The van der Waals surface area contributed by atoms with E-state index in [1.807, 2.05) is 0 Å². The third-order valence-electron chi connectivity index (χ3n) is 1.97. The molecule has 1 aliphatic rings. The van der Waals surface area contributed by atoms with Gasteiger partial charge in [-0.05, 0) is 26.2 Å². The molecule has 9 heavy (non-hydrogen) atoms. The van der Waals surface area contributed by atoms with Crippen molar-refractivity contribution in [3.05, 3.63) is 23.3 Å². The molecule has 0 aromatic rings. The molecule has 0 unspecified atom stereocenters. The van der Waals surface area contributed by atoms with Crippen molar-refractivity contribution in [3.8, 4) is 0 Å². The zero-order chi connectivity index (χ0) is 6.69. The van der Waals surface area contributed by atoms with Gasteiger partial charge in [-0.2, -0.15) is 0 Å². The summed E-state index contributed by atoms with van der Waals surface area (Å²) in [5.41, 5.74) is 3.13. The third-order valence-corrected chi connectivity index (χ3v) is 1.97. The molecule has 0 fully saturated rings. The monoisotopic (exact) mass is 122 g/mol. The summed E-state index contributed by atoms with van der Waals surface area (Å²) in [4.78, 5) is 0. The highest BCUT2D eigenvalue weighted by atomic mass is 14.1. The van der Waals surface area contributed by atoms with Gasteiger partial charge in [-0.3, -0.25) is 0 Å². The second-order valence-corrected chi connectivity index (χ2v) is 2.58. The summed E-state index contributed by atoms with van der Waals surface area (Å²) in [7, 11) is 0. The molecule has 0 N–H and O–H groups in total. The fourth-order valence-electron chi connectivity index (χ4n) is 1.29. The fraction of sp³-hybridized carbons (Fsp3) is 0.556. The van der Waals surface area contributed by atoms with E-state index in [1.54, 1.807) is 5.57 Å². The fourth-order valence-corrected chi connectivity index (χ4v) is 1.29. The van der Waals surface area contributed by atoms with Crippen LogP contribution in [0.4, 0.5) is 0 Å². The first-order valence-electron chi connectivity index (χ1n) is 3.69. The Morgan fingerprint density at radius 1 is 1.56 bits per heavy atom. The van der Waals surface area contributed by atoms with Gasteiger partial charge < -0.3 is 0 Å². The van der Waals surface area contributed by atoms with Crippen LogP contribution in [0.2, 0.25) is 0 Å².